The quantitative estimate of drug-likeness (QED) is 0.577. The van der Waals surface area contributed by atoms with Crippen molar-refractivity contribution < 1.29 is 19.2 Å². The summed E-state index contributed by atoms with van der Waals surface area (Å²) in [7, 11) is 0. The highest BCUT2D eigenvalue weighted by atomic mass is 19.1. The molecule has 0 saturated heterocycles. The molecular formula is C16H17FN2O4. The summed E-state index contributed by atoms with van der Waals surface area (Å²) in [5, 5.41) is 23.1. The number of rotatable bonds is 8. The van der Waals surface area contributed by atoms with E-state index in [4.69, 9.17) is 4.74 Å². The number of ether oxygens (including phenoxy) is 1. The monoisotopic (exact) mass is 320 g/mol. The number of nitro benzene ring substituents is 1. The molecule has 1 atom stereocenters. The fourth-order valence-electron chi connectivity index (χ4n) is 1.95. The molecule has 2 N–H and O–H groups in total. The summed E-state index contributed by atoms with van der Waals surface area (Å²) in [5.41, 5.74) is 0.780. The number of hydrogen-bond acceptors (Lipinski definition) is 5. The van der Waals surface area contributed by atoms with Crippen molar-refractivity contribution in [3.05, 3.63) is 70.0 Å². The SMILES string of the molecule is O=[N+]([O-])c1ccc(NC[C@@H](O)COCc2ccccc2)cc1F. The van der Waals surface area contributed by atoms with Crippen LogP contribution in [0.4, 0.5) is 15.8 Å². The lowest BCUT2D eigenvalue weighted by Gasteiger charge is -2.13. The zero-order valence-corrected chi connectivity index (χ0v) is 12.3. The Kier molecular flexibility index (Phi) is 6.02. The van der Waals surface area contributed by atoms with Crippen molar-refractivity contribution in [1.29, 1.82) is 0 Å². The Morgan fingerprint density at radius 3 is 2.65 bits per heavy atom. The molecule has 0 aliphatic heterocycles. The minimum atomic E-state index is -0.921. The van der Waals surface area contributed by atoms with Crippen molar-refractivity contribution in [3.8, 4) is 0 Å². The predicted molar refractivity (Wildman–Crippen MR) is 83.6 cm³/mol. The Morgan fingerprint density at radius 2 is 2.00 bits per heavy atom. The Hall–Kier alpha value is -2.51. The molecule has 0 heterocycles. The van der Waals surface area contributed by atoms with Crippen LogP contribution >= 0.6 is 0 Å². The highest BCUT2D eigenvalue weighted by molar-refractivity contribution is 5.49. The van der Waals surface area contributed by atoms with Gasteiger partial charge in [-0.05, 0) is 11.6 Å². The van der Waals surface area contributed by atoms with Gasteiger partial charge in [0.15, 0.2) is 0 Å². The molecule has 0 radical (unpaired) electrons. The summed E-state index contributed by atoms with van der Waals surface area (Å²) in [5.74, 6) is -0.921. The fourth-order valence-corrected chi connectivity index (χ4v) is 1.95. The minimum Gasteiger partial charge on any atom is -0.389 e. The van der Waals surface area contributed by atoms with Crippen molar-refractivity contribution in [2.45, 2.75) is 12.7 Å². The number of nitrogens with one attached hydrogen (secondary N) is 1. The smallest absolute Gasteiger partial charge is 0.304 e. The van der Waals surface area contributed by atoms with E-state index in [9.17, 15) is 19.6 Å². The zero-order valence-electron chi connectivity index (χ0n) is 12.3. The molecule has 0 saturated carbocycles. The summed E-state index contributed by atoms with van der Waals surface area (Å²) < 4.78 is 18.8. The number of nitrogens with zero attached hydrogens (tertiary/aromatic N) is 1. The third-order valence-corrected chi connectivity index (χ3v) is 3.11. The van der Waals surface area contributed by atoms with Crippen LogP contribution in [0.2, 0.25) is 0 Å². The van der Waals surface area contributed by atoms with E-state index < -0.39 is 22.5 Å². The molecular weight excluding hydrogens is 303 g/mol. The van der Waals surface area contributed by atoms with Gasteiger partial charge in [0.05, 0.1) is 24.2 Å². The molecule has 0 unspecified atom stereocenters. The van der Waals surface area contributed by atoms with Gasteiger partial charge < -0.3 is 15.2 Å². The lowest BCUT2D eigenvalue weighted by Crippen LogP contribution is -2.24. The molecule has 2 aromatic carbocycles. The summed E-state index contributed by atoms with van der Waals surface area (Å²) >= 11 is 0. The van der Waals surface area contributed by atoms with E-state index in [2.05, 4.69) is 5.32 Å². The fraction of sp³-hybridized carbons (Fsp3) is 0.250. The van der Waals surface area contributed by atoms with E-state index in [1.54, 1.807) is 0 Å². The first-order chi connectivity index (χ1) is 11.1. The van der Waals surface area contributed by atoms with Gasteiger partial charge in [0, 0.05) is 24.4 Å². The van der Waals surface area contributed by atoms with Crippen molar-refractivity contribution in [1.82, 2.24) is 0 Å². The Bertz CT molecular complexity index is 652. The number of anilines is 1. The van der Waals surface area contributed by atoms with E-state index in [1.165, 1.54) is 6.07 Å². The maximum absolute atomic E-state index is 13.4. The molecule has 0 fully saturated rings. The van der Waals surface area contributed by atoms with Crippen LogP contribution in [0.1, 0.15) is 5.56 Å². The van der Waals surface area contributed by atoms with Crippen LogP contribution in [0.15, 0.2) is 48.5 Å². The maximum Gasteiger partial charge on any atom is 0.304 e. The van der Waals surface area contributed by atoms with Gasteiger partial charge in [-0.3, -0.25) is 10.1 Å². The molecule has 0 bridgehead atoms. The topological polar surface area (TPSA) is 84.6 Å². The van der Waals surface area contributed by atoms with Gasteiger partial charge in [0.1, 0.15) is 0 Å². The van der Waals surface area contributed by atoms with E-state index in [0.29, 0.717) is 12.3 Å². The molecule has 23 heavy (non-hydrogen) atoms. The Balaban J connectivity index is 1.75. The molecule has 0 aromatic heterocycles. The third-order valence-electron chi connectivity index (χ3n) is 3.11. The Morgan fingerprint density at radius 1 is 1.26 bits per heavy atom. The summed E-state index contributed by atoms with van der Waals surface area (Å²) in [6.07, 6.45) is -0.781. The number of halogens is 1. The minimum absolute atomic E-state index is 0.122. The van der Waals surface area contributed by atoms with Gasteiger partial charge in [0.25, 0.3) is 0 Å². The standard InChI is InChI=1S/C16H17FN2O4/c17-15-8-13(6-7-16(15)19(21)22)18-9-14(20)11-23-10-12-4-2-1-3-5-12/h1-8,14,18,20H,9-11H2/t14-/m1/s1. The summed E-state index contributed by atoms with van der Waals surface area (Å²) in [4.78, 5) is 9.74. The van der Waals surface area contributed by atoms with Gasteiger partial charge in [-0.1, -0.05) is 30.3 Å². The van der Waals surface area contributed by atoms with E-state index in [0.717, 1.165) is 17.7 Å². The number of aliphatic hydroxyl groups is 1. The molecule has 0 aliphatic rings. The normalized spacial score (nSPS) is 11.9. The molecule has 2 rings (SSSR count). The van der Waals surface area contributed by atoms with Gasteiger partial charge in [-0.25, -0.2) is 0 Å². The van der Waals surface area contributed by atoms with Gasteiger partial charge >= 0.3 is 5.69 Å². The van der Waals surface area contributed by atoms with E-state index >= 15 is 0 Å². The second kappa shape index (κ2) is 8.21. The van der Waals surface area contributed by atoms with Crippen LogP contribution in [0.5, 0.6) is 0 Å². The van der Waals surface area contributed by atoms with Gasteiger partial charge in [-0.15, -0.1) is 0 Å². The molecule has 6 nitrogen and oxygen atoms in total. The van der Waals surface area contributed by atoms with Crippen LogP contribution < -0.4 is 5.32 Å². The lowest BCUT2D eigenvalue weighted by atomic mass is 10.2. The first kappa shape index (κ1) is 16.9. The highest BCUT2D eigenvalue weighted by Crippen LogP contribution is 2.20. The van der Waals surface area contributed by atoms with Crippen LogP contribution in [0.3, 0.4) is 0 Å². The second-order valence-electron chi connectivity index (χ2n) is 4.96. The maximum atomic E-state index is 13.4. The van der Waals surface area contributed by atoms with E-state index in [1.807, 2.05) is 30.3 Å². The third kappa shape index (κ3) is 5.32. The van der Waals surface area contributed by atoms with Crippen LogP contribution in [-0.4, -0.2) is 29.3 Å². The second-order valence-corrected chi connectivity index (χ2v) is 4.96. The molecule has 122 valence electrons. The predicted octanol–water partition coefficient (Wildman–Crippen LogP) is 2.72. The molecule has 2 aromatic rings. The van der Waals surface area contributed by atoms with Crippen molar-refractivity contribution in [2.24, 2.45) is 0 Å². The van der Waals surface area contributed by atoms with Gasteiger partial charge in [-0.2, -0.15) is 4.39 Å². The first-order valence-corrected chi connectivity index (χ1v) is 7.04. The van der Waals surface area contributed by atoms with Crippen LogP contribution in [0.25, 0.3) is 0 Å². The first-order valence-electron chi connectivity index (χ1n) is 7.04. The number of aliphatic hydroxyl groups excluding tert-OH is 1. The largest absolute Gasteiger partial charge is 0.389 e. The molecule has 0 amide bonds. The highest BCUT2D eigenvalue weighted by Gasteiger charge is 2.14. The van der Waals surface area contributed by atoms with Crippen LogP contribution in [0, 0.1) is 15.9 Å². The lowest BCUT2D eigenvalue weighted by molar-refractivity contribution is -0.387. The van der Waals surface area contributed by atoms with Crippen LogP contribution in [-0.2, 0) is 11.3 Å². The Labute approximate surface area is 132 Å². The summed E-state index contributed by atoms with van der Waals surface area (Å²) in [6, 6.07) is 13.0. The summed E-state index contributed by atoms with van der Waals surface area (Å²) in [6.45, 7) is 0.660. The molecule has 0 aliphatic carbocycles. The van der Waals surface area contributed by atoms with Crippen molar-refractivity contribution in [3.63, 3.8) is 0 Å². The number of nitro groups is 1. The molecule has 0 spiro atoms. The number of benzene rings is 2. The molecule has 7 heteroatoms. The van der Waals surface area contributed by atoms with Crippen molar-refractivity contribution in [2.75, 3.05) is 18.5 Å². The van der Waals surface area contributed by atoms with Gasteiger partial charge in [0.2, 0.25) is 5.82 Å². The average Bonchev–Trinajstić information content (AvgIpc) is 2.53. The average molecular weight is 320 g/mol. The zero-order chi connectivity index (χ0) is 16.7. The number of hydrogen-bond donors (Lipinski definition) is 2. The van der Waals surface area contributed by atoms with E-state index in [-0.39, 0.29) is 13.2 Å². The van der Waals surface area contributed by atoms with Crippen molar-refractivity contribution >= 4 is 11.4 Å².